The highest BCUT2D eigenvalue weighted by atomic mass is 35.5. The van der Waals surface area contributed by atoms with Gasteiger partial charge in [-0.2, -0.15) is 0 Å². The molecule has 1 aromatic heterocycles. The third-order valence-electron chi connectivity index (χ3n) is 4.09. The van der Waals surface area contributed by atoms with E-state index in [-0.39, 0.29) is 11.9 Å². The van der Waals surface area contributed by atoms with E-state index < -0.39 is 0 Å². The van der Waals surface area contributed by atoms with Gasteiger partial charge in [0.2, 0.25) is 5.91 Å². The molecule has 1 saturated heterocycles. The zero-order chi connectivity index (χ0) is 16.1. The summed E-state index contributed by atoms with van der Waals surface area (Å²) in [5, 5.41) is 4.18. The summed E-state index contributed by atoms with van der Waals surface area (Å²) >= 11 is 6.00. The van der Waals surface area contributed by atoms with Crippen molar-refractivity contribution in [1.82, 2.24) is 15.2 Å². The Morgan fingerprint density at radius 3 is 2.91 bits per heavy atom. The quantitative estimate of drug-likeness (QED) is 0.886. The van der Waals surface area contributed by atoms with Crippen LogP contribution in [0, 0.1) is 0 Å². The summed E-state index contributed by atoms with van der Waals surface area (Å²) in [5.74, 6) is 0.218. The summed E-state index contributed by atoms with van der Waals surface area (Å²) in [6, 6.07) is 12.0. The lowest BCUT2D eigenvalue weighted by molar-refractivity contribution is -0.127. The number of carbonyl (C=O) groups excluding carboxylic acids is 1. The minimum Gasteiger partial charge on any atom is -0.341 e. The molecule has 120 valence electrons. The van der Waals surface area contributed by atoms with Gasteiger partial charge in [-0.05, 0) is 35.7 Å². The second-order valence-electron chi connectivity index (χ2n) is 5.86. The maximum absolute atomic E-state index is 12.1. The van der Waals surface area contributed by atoms with Crippen LogP contribution in [-0.4, -0.2) is 34.9 Å². The molecule has 1 aromatic carbocycles. The third kappa shape index (κ3) is 4.53. The second kappa shape index (κ2) is 7.57. The first-order chi connectivity index (χ1) is 11.2. The number of carbonyl (C=O) groups is 1. The first kappa shape index (κ1) is 16.0. The molecule has 1 fully saturated rings. The Labute approximate surface area is 141 Å². The van der Waals surface area contributed by atoms with E-state index in [1.165, 1.54) is 0 Å². The number of hydrogen-bond donors (Lipinski definition) is 1. The molecule has 2 heterocycles. The number of pyridine rings is 1. The van der Waals surface area contributed by atoms with Gasteiger partial charge >= 0.3 is 0 Å². The van der Waals surface area contributed by atoms with E-state index in [1.807, 2.05) is 47.5 Å². The molecule has 0 aliphatic carbocycles. The molecule has 0 bridgehead atoms. The summed E-state index contributed by atoms with van der Waals surface area (Å²) in [5.41, 5.74) is 2.30. The van der Waals surface area contributed by atoms with Crippen molar-refractivity contribution in [2.75, 3.05) is 13.1 Å². The maximum atomic E-state index is 12.1. The van der Waals surface area contributed by atoms with Crippen LogP contribution in [0.3, 0.4) is 0 Å². The van der Waals surface area contributed by atoms with Gasteiger partial charge in [-0.25, -0.2) is 0 Å². The average molecular weight is 330 g/mol. The van der Waals surface area contributed by atoms with Crippen molar-refractivity contribution in [2.45, 2.75) is 25.4 Å². The lowest BCUT2D eigenvalue weighted by Crippen LogP contribution is -2.33. The highest BCUT2D eigenvalue weighted by Gasteiger charge is 2.28. The van der Waals surface area contributed by atoms with Gasteiger partial charge in [-0.15, -0.1) is 0 Å². The zero-order valence-corrected chi connectivity index (χ0v) is 13.7. The zero-order valence-electron chi connectivity index (χ0n) is 12.9. The predicted octanol–water partition coefficient (Wildman–Crippen LogP) is 2.67. The monoisotopic (exact) mass is 329 g/mol. The Balaban J connectivity index is 1.47. The molecule has 2 aromatic rings. The lowest BCUT2D eigenvalue weighted by atomic mass is 10.1. The van der Waals surface area contributed by atoms with E-state index in [9.17, 15) is 4.79 Å². The van der Waals surface area contributed by atoms with Crippen molar-refractivity contribution >= 4 is 17.5 Å². The van der Waals surface area contributed by atoms with Gasteiger partial charge in [-0.3, -0.25) is 9.78 Å². The summed E-state index contributed by atoms with van der Waals surface area (Å²) in [6.45, 7) is 2.25. The van der Waals surface area contributed by atoms with Crippen LogP contribution >= 0.6 is 11.6 Å². The highest BCUT2D eigenvalue weighted by Crippen LogP contribution is 2.15. The van der Waals surface area contributed by atoms with Crippen LogP contribution in [0.1, 0.15) is 17.5 Å². The van der Waals surface area contributed by atoms with Crippen LogP contribution in [0.4, 0.5) is 0 Å². The summed E-state index contributed by atoms with van der Waals surface area (Å²) in [4.78, 5) is 18.2. The number of benzene rings is 1. The van der Waals surface area contributed by atoms with E-state index >= 15 is 0 Å². The molecule has 1 aliphatic heterocycles. The number of likely N-dealkylation sites (tertiary alicyclic amines) is 1. The topological polar surface area (TPSA) is 45.2 Å². The summed E-state index contributed by atoms with van der Waals surface area (Å²) in [6.07, 6.45) is 5.01. The van der Waals surface area contributed by atoms with Crippen LogP contribution in [0.2, 0.25) is 5.02 Å². The van der Waals surface area contributed by atoms with Gasteiger partial charge in [0.1, 0.15) is 0 Å². The van der Waals surface area contributed by atoms with Gasteiger partial charge in [0.15, 0.2) is 0 Å². The Morgan fingerprint density at radius 2 is 2.13 bits per heavy atom. The van der Waals surface area contributed by atoms with Crippen molar-refractivity contribution in [3.8, 4) is 0 Å². The molecule has 3 rings (SSSR count). The first-order valence-corrected chi connectivity index (χ1v) is 8.23. The van der Waals surface area contributed by atoms with Crippen LogP contribution in [0.15, 0.2) is 48.8 Å². The molecule has 1 atom stereocenters. The molecular weight excluding hydrogens is 310 g/mol. The Morgan fingerprint density at radius 1 is 1.26 bits per heavy atom. The molecule has 1 N–H and O–H groups in total. The number of hydrogen-bond acceptors (Lipinski definition) is 3. The van der Waals surface area contributed by atoms with E-state index in [4.69, 9.17) is 11.6 Å². The van der Waals surface area contributed by atoms with Gasteiger partial charge in [0, 0.05) is 49.5 Å². The molecular formula is C18H20ClN3O. The molecule has 4 nitrogen and oxygen atoms in total. The van der Waals surface area contributed by atoms with Gasteiger partial charge in [0.05, 0.1) is 0 Å². The standard InChI is InChI=1S/C18H20ClN3O/c19-16-5-1-3-14(9-16)6-8-22-13-17(10-18(22)23)21-12-15-4-2-7-20-11-15/h1-5,7,9,11,17,21H,6,8,10,12-13H2. The molecule has 5 heteroatoms. The molecule has 1 aliphatic rings. The molecule has 1 amide bonds. The fraction of sp³-hybridized carbons (Fsp3) is 0.333. The largest absolute Gasteiger partial charge is 0.341 e. The summed E-state index contributed by atoms with van der Waals surface area (Å²) in [7, 11) is 0. The van der Waals surface area contributed by atoms with Crippen molar-refractivity contribution < 1.29 is 4.79 Å². The van der Waals surface area contributed by atoms with Crippen molar-refractivity contribution in [1.29, 1.82) is 0 Å². The van der Waals surface area contributed by atoms with Gasteiger partial charge in [0.25, 0.3) is 0 Å². The maximum Gasteiger partial charge on any atom is 0.224 e. The number of rotatable bonds is 6. The van der Waals surface area contributed by atoms with Crippen molar-refractivity contribution in [3.63, 3.8) is 0 Å². The third-order valence-corrected chi connectivity index (χ3v) is 4.33. The average Bonchev–Trinajstić information content (AvgIpc) is 2.92. The minimum atomic E-state index is 0.210. The smallest absolute Gasteiger partial charge is 0.224 e. The normalized spacial score (nSPS) is 17.7. The van der Waals surface area contributed by atoms with Crippen LogP contribution < -0.4 is 5.32 Å². The fourth-order valence-corrected chi connectivity index (χ4v) is 3.06. The molecule has 0 saturated carbocycles. The molecule has 0 radical (unpaired) electrons. The summed E-state index contributed by atoms with van der Waals surface area (Å²) < 4.78 is 0. The van der Waals surface area contributed by atoms with E-state index in [2.05, 4.69) is 10.3 Å². The minimum absolute atomic E-state index is 0.210. The number of nitrogens with one attached hydrogen (secondary N) is 1. The van der Waals surface area contributed by atoms with Gasteiger partial charge in [-0.1, -0.05) is 29.8 Å². The Bertz CT molecular complexity index is 662. The van der Waals surface area contributed by atoms with Gasteiger partial charge < -0.3 is 10.2 Å². The number of aromatic nitrogens is 1. The van der Waals surface area contributed by atoms with Crippen LogP contribution in [0.25, 0.3) is 0 Å². The van der Waals surface area contributed by atoms with E-state index in [0.29, 0.717) is 6.42 Å². The molecule has 23 heavy (non-hydrogen) atoms. The fourth-order valence-electron chi connectivity index (χ4n) is 2.85. The van der Waals surface area contributed by atoms with Crippen LogP contribution in [0.5, 0.6) is 0 Å². The number of nitrogens with zero attached hydrogens (tertiary/aromatic N) is 2. The predicted molar refractivity (Wildman–Crippen MR) is 91.2 cm³/mol. The van der Waals surface area contributed by atoms with E-state index in [0.717, 1.165) is 42.2 Å². The second-order valence-corrected chi connectivity index (χ2v) is 6.30. The number of amides is 1. The van der Waals surface area contributed by atoms with Crippen molar-refractivity contribution in [2.24, 2.45) is 0 Å². The Hall–Kier alpha value is -1.91. The molecule has 0 spiro atoms. The molecule has 1 unspecified atom stereocenters. The van der Waals surface area contributed by atoms with E-state index in [1.54, 1.807) is 6.20 Å². The van der Waals surface area contributed by atoms with Crippen molar-refractivity contribution in [3.05, 3.63) is 64.9 Å². The highest BCUT2D eigenvalue weighted by molar-refractivity contribution is 6.30. The number of halogens is 1. The Kier molecular flexibility index (Phi) is 5.26. The lowest BCUT2D eigenvalue weighted by Gasteiger charge is -2.17. The SMILES string of the molecule is O=C1CC(NCc2cccnc2)CN1CCc1cccc(Cl)c1. The first-order valence-electron chi connectivity index (χ1n) is 7.85. The van der Waals surface area contributed by atoms with Crippen LogP contribution in [-0.2, 0) is 17.8 Å².